The van der Waals surface area contributed by atoms with Crippen molar-refractivity contribution in [2.24, 2.45) is 16.7 Å². The number of hydrogen-bond acceptors (Lipinski definition) is 4. The predicted octanol–water partition coefficient (Wildman–Crippen LogP) is 0.557. The zero-order valence-electron chi connectivity index (χ0n) is 9.40. The van der Waals surface area contributed by atoms with Gasteiger partial charge in [0.1, 0.15) is 0 Å². The van der Waals surface area contributed by atoms with Crippen molar-refractivity contribution in [1.82, 2.24) is 4.90 Å². The Labute approximate surface area is 95.2 Å². The lowest BCUT2D eigenvalue weighted by molar-refractivity contribution is -0.128. The molecule has 0 aliphatic heterocycles. The molecule has 0 aliphatic rings. The Hall–Kier alpha value is -0.910. The summed E-state index contributed by atoms with van der Waals surface area (Å²) >= 11 is 1.18. The fraction of sp³-hybridized carbons (Fsp3) is 0.778. The largest absolute Gasteiger partial charge is 0.377 e. The molecule has 15 heavy (non-hydrogen) atoms. The molecule has 0 aromatic carbocycles. The summed E-state index contributed by atoms with van der Waals surface area (Å²) in [5.74, 6) is 5.37. The van der Waals surface area contributed by atoms with Gasteiger partial charge in [0.25, 0.3) is 0 Å². The number of carbonyl (C=O) groups excluding carboxylic acids is 1. The summed E-state index contributed by atoms with van der Waals surface area (Å²) in [7, 11) is 0. The number of nitrogens with zero attached hydrogens (tertiary/aromatic N) is 2. The Kier molecular flexibility index (Phi) is 7.89. The number of rotatable bonds is 6. The summed E-state index contributed by atoms with van der Waals surface area (Å²) in [6.45, 7) is 5.71. The van der Waals surface area contributed by atoms with Crippen LogP contribution in [0.2, 0.25) is 0 Å². The Morgan fingerprint density at radius 2 is 1.87 bits per heavy atom. The zero-order chi connectivity index (χ0) is 11.7. The summed E-state index contributed by atoms with van der Waals surface area (Å²) in [6, 6.07) is 0. The van der Waals surface area contributed by atoms with Gasteiger partial charge in [0.2, 0.25) is 5.91 Å². The zero-order valence-corrected chi connectivity index (χ0v) is 10.2. The highest BCUT2D eigenvalue weighted by atomic mass is 32.2. The minimum Gasteiger partial charge on any atom is -0.377 e. The van der Waals surface area contributed by atoms with Crippen LogP contribution in [0.15, 0.2) is 5.10 Å². The fourth-order valence-electron chi connectivity index (χ4n) is 1.17. The van der Waals surface area contributed by atoms with E-state index >= 15 is 0 Å². The SMILES string of the molecule is CCCN(CCC)C(=O)CSC(N)=NN. The molecule has 0 spiro atoms. The van der Waals surface area contributed by atoms with Crippen LogP contribution in [0.1, 0.15) is 26.7 Å². The van der Waals surface area contributed by atoms with Crippen LogP contribution in [0.4, 0.5) is 0 Å². The van der Waals surface area contributed by atoms with E-state index in [0.717, 1.165) is 25.9 Å². The molecule has 88 valence electrons. The molecule has 0 saturated heterocycles. The second-order valence-corrected chi connectivity index (χ2v) is 4.13. The molecule has 4 N–H and O–H groups in total. The third-order valence-corrected chi connectivity index (χ3v) is 2.60. The van der Waals surface area contributed by atoms with Crippen molar-refractivity contribution < 1.29 is 4.79 Å². The van der Waals surface area contributed by atoms with Gasteiger partial charge in [-0.05, 0) is 12.8 Å². The van der Waals surface area contributed by atoms with Crippen LogP contribution in [-0.4, -0.2) is 34.8 Å². The molecule has 6 heteroatoms. The van der Waals surface area contributed by atoms with Crippen LogP contribution < -0.4 is 11.6 Å². The van der Waals surface area contributed by atoms with Crippen LogP contribution in [-0.2, 0) is 4.79 Å². The van der Waals surface area contributed by atoms with Gasteiger partial charge in [-0.3, -0.25) is 4.79 Å². The number of nitrogens with two attached hydrogens (primary N) is 2. The van der Waals surface area contributed by atoms with E-state index in [-0.39, 0.29) is 11.1 Å². The first-order valence-electron chi connectivity index (χ1n) is 5.09. The lowest BCUT2D eigenvalue weighted by Gasteiger charge is -2.20. The van der Waals surface area contributed by atoms with Gasteiger partial charge in [-0.25, -0.2) is 0 Å². The molecule has 0 aliphatic carbocycles. The van der Waals surface area contributed by atoms with Gasteiger partial charge >= 0.3 is 0 Å². The van der Waals surface area contributed by atoms with Gasteiger partial charge in [0.15, 0.2) is 5.17 Å². The third-order valence-electron chi connectivity index (χ3n) is 1.81. The highest BCUT2D eigenvalue weighted by Crippen LogP contribution is 2.03. The van der Waals surface area contributed by atoms with Crippen molar-refractivity contribution in [3.63, 3.8) is 0 Å². The normalized spacial score (nSPS) is 11.5. The Balaban J connectivity index is 4.01. The summed E-state index contributed by atoms with van der Waals surface area (Å²) < 4.78 is 0. The average Bonchev–Trinajstić information content (AvgIpc) is 2.25. The molecule has 1 amide bonds. The molecule has 0 unspecified atom stereocenters. The van der Waals surface area contributed by atoms with E-state index in [2.05, 4.69) is 18.9 Å². The first kappa shape index (κ1) is 14.1. The van der Waals surface area contributed by atoms with Crippen LogP contribution in [0, 0.1) is 0 Å². The van der Waals surface area contributed by atoms with Crippen molar-refractivity contribution >= 4 is 22.8 Å². The summed E-state index contributed by atoms with van der Waals surface area (Å²) in [5, 5.41) is 3.54. The van der Waals surface area contributed by atoms with E-state index in [1.165, 1.54) is 11.8 Å². The van der Waals surface area contributed by atoms with E-state index in [9.17, 15) is 4.79 Å². The van der Waals surface area contributed by atoms with E-state index in [4.69, 9.17) is 11.6 Å². The van der Waals surface area contributed by atoms with Gasteiger partial charge in [0.05, 0.1) is 5.75 Å². The monoisotopic (exact) mass is 232 g/mol. The minimum atomic E-state index is 0.0929. The topological polar surface area (TPSA) is 84.7 Å². The highest BCUT2D eigenvalue weighted by Gasteiger charge is 2.12. The molecule has 5 nitrogen and oxygen atoms in total. The quantitative estimate of drug-likeness (QED) is 0.303. The van der Waals surface area contributed by atoms with Gasteiger partial charge in [-0.1, -0.05) is 25.6 Å². The summed E-state index contributed by atoms with van der Waals surface area (Å²) in [4.78, 5) is 13.5. The predicted molar refractivity (Wildman–Crippen MR) is 65.4 cm³/mol. The smallest absolute Gasteiger partial charge is 0.233 e. The van der Waals surface area contributed by atoms with Crippen LogP contribution in [0.25, 0.3) is 0 Å². The highest BCUT2D eigenvalue weighted by molar-refractivity contribution is 8.14. The molecule has 0 radical (unpaired) electrons. The van der Waals surface area contributed by atoms with Crippen molar-refractivity contribution in [3.8, 4) is 0 Å². The first-order valence-corrected chi connectivity index (χ1v) is 6.08. The van der Waals surface area contributed by atoms with E-state index in [1.807, 2.05) is 4.90 Å². The van der Waals surface area contributed by atoms with Crippen molar-refractivity contribution in [2.75, 3.05) is 18.8 Å². The maximum atomic E-state index is 11.7. The van der Waals surface area contributed by atoms with E-state index < -0.39 is 0 Å². The van der Waals surface area contributed by atoms with Crippen LogP contribution in [0.5, 0.6) is 0 Å². The van der Waals surface area contributed by atoms with Crippen molar-refractivity contribution in [1.29, 1.82) is 0 Å². The van der Waals surface area contributed by atoms with Crippen molar-refractivity contribution in [2.45, 2.75) is 26.7 Å². The summed E-state index contributed by atoms with van der Waals surface area (Å²) in [6.07, 6.45) is 1.94. The Bertz CT molecular complexity index is 214. The minimum absolute atomic E-state index is 0.0929. The number of hydrogen-bond donors (Lipinski definition) is 2. The molecule has 0 aromatic rings. The molecule has 0 rings (SSSR count). The molecule has 0 atom stereocenters. The molecule has 0 saturated carbocycles. The second kappa shape index (κ2) is 8.40. The molecular weight excluding hydrogens is 212 g/mol. The molecule has 0 bridgehead atoms. The summed E-state index contributed by atoms with van der Waals surface area (Å²) in [5.41, 5.74) is 5.39. The second-order valence-electron chi connectivity index (χ2n) is 3.14. The number of hydrazone groups is 1. The molecular formula is C9H20N4OS. The average molecular weight is 232 g/mol. The lowest BCUT2D eigenvalue weighted by Crippen LogP contribution is -2.34. The number of thioether (sulfide) groups is 1. The van der Waals surface area contributed by atoms with Crippen LogP contribution >= 0.6 is 11.8 Å². The Morgan fingerprint density at radius 3 is 2.27 bits per heavy atom. The van der Waals surface area contributed by atoms with Gasteiger partial charge in [-0.15, -0.1) is 0 Å². The maximum absolute atomic E-state index is 11.7. The van der Waals surface area contributed by atoms with Crippen LogP contribution in [0.3, 0.4) is 0 Å². The van der Waals surface area contributed by atoms with Gasteiger partial charge in [0, 0.05) is 13.1 Å². The number of carbonyl (C=O) groups is 1. The third kappa shape index (κ3) is 6.22. The Morgan fingerprint density at radius 1 is 1.33 bits per heavy atom. The maximum Gasteiger partial charge on any atom is 0.233 e. The van der Waals surface area contributed by atoms with Gasteiger partial charge in [-0.2, -0.15) is 5.10 Å². The number of amides is 1. The molecule has 0 fully saturated rings. The van der Waals surface area contributed by atoms with Crippen molar-refractivity contribution in [3.05, 3.63) is 0 Å². The number of amidine groups is 1. The van der Waals surface area contributed by atoms with Gasteiger partial charge < -0.3 is 16.5 Å². The standard InChI is InChI=1S/C9H20N4OS/c1-3-5-13(6-4-2)8(14)7-15-9(10)12-11/h3-7,11H2,1-2H3,(H2,10,12). The lowest BCUT2D eigenvalue weighted by atomic mass is 10.3. The molecule has 0 aromatic heterocycles. The molecule has 0 heterocycles. The van der Waals surface area contributed by atoms with E-state index in [0.29, 0.717) is 5.75 Å². The first-order chi connectivity index (χ1) is 7.15. The van der Waals surface area contributed by atoms with E-state index in [1.54, 1.807) is 0 Å². The fourth-order valence-corrected chi connectivity index (χ4v) is 1.69.